The second-order valence-electron chi connectivity index (χ2n) is 5.72. The predicted octanol–water partition coefficient (Wildman–Crippen LogP) is 3.22. The Kier molecular flexibility index (Phi) is 2.37. The van der Waals surface area contributed by atoms with Crippen molar-refractivity contribution >= 4 is 5.69 Å². The summed E-state index contributed by atoms with van der Waals surface area (Å²) in [6, 6.07) is 7.60. The average molecular weight is 255 g/mol. The smallest absolute Gasteiger partial charge is 0.230 e. The van der Waals surface area contributed by atoms with Crippen LogP contribution in [0.5, 0.6) is 0 Å². The fourth-order valence-corrected chi connectivity index (χ4v) is 3.48. The highest BCUT2D eigenvalue weighted by molar-refractivity contribution is 5.58. The van der Waals surface area contributed by atoms with Crippen molar-refractivity contribution in [1.82, 2.24) is 10.1 Å². The predicted molar refractivity (Wildman–Crippen MR) is 72.3 cm³/mol. The van der Waals surface area contributed by atoms with Crippen LogP contribution in [0.1, 0.15) is 37.5 Å². The van der Waals surface area contributed by atoms with Crippen molar-refractivity contribution in [2.24, 2.45) is 11.8 Å². The van der Waals surface area contributed by atoms with Gasteiger partial charge in [0.05, 0.1) is 0 Å². The molecule has 1 aromatic carbocycles. The number of aromatic nitrogens is 2. The van der Waals surface area contributed by atoms with Crippen LogP contribution in [-0.2, 0) is 0 Å². The van der Waals surface area contributed by atoms with Crippen LogP contribution >= 0.6 is 0 Å². The fraction of sp³-hybridized carbons (Fsp3) is 0.467. The summed E-state index contributed by atoms with van der Waals surface area (Å²) in [6.07, 6.45) is 5.37. The summed E-state index contributed by atoms with van der Waals surface area (Å²) in [5, 5.41) is 4.11. The molecular weight excluding hydrogens is 238 g/mol. The van der Waals surface area contributed by atoms with E-state index in [1.807, 2.05) is 24.3 Å². The van der Waals surface area contributed by atoms with E-state index < -0.39 is 0 Å². The van der Waals surface area contributed by atoms with Gasteiger partial charge in [0, 0.05) is 17.2 Å². The molecule has 2 aromatic rings. The lowest BCUT2D eigenvalue weighted by Gasteiger charge is -2.04. The summed E-state index contributed by atoms with van der Waals surface area (Å²) in [7, 11) is 0. The van der Waals surface area contributed by atoms with Crippen molar-refractivity contribution in [2.75, 3.05) is 5.73 Å². The SMILES string of the molecule is Nc1ccc(-c2noc(C3C4CCCCC43)n2)cc1. The number of hydrogen-bond acceptors (Lipinski definition) is 4. The molecule has 2 saturated carbocycles. The maximum atomic E-state index is 5.68. The zero-order valence-corrected chi connectivity index (χ0v) is 10.7. The van der Waals surface area contributed by atoms with Crippen molar-refractivity contribution in [3.63, 3.8) is 0 Å². The van der Waals surface area contributed by atoms with Gasteiger partial charge in [-0.05, 0) is 48.9 Å². The van der Waals surface area contributed by atoms with Gasteiger partial charge in [-0.2, -0.15) is 4.98 Å². The summed E-state index contributed by atoms with van der Waals surface area (Å²) in [6.45, 7) is 0. The molecule has 4 rings (SSSR count). The van der Waals surface area contributed by atoms with Crippen LogP contribution in [0.4, 0.5) is 5.69 Å². The van der Waals surface area contributed by atoms with Gasteiger partial charge >= 0.3 is 0 Å². The Labute approximate surface area is 112 Å². The number of nitrogens with zero attached hydrogens (tertiary/aromatic N) is 2. The minimum atomic E-state index is 0.525. The van der Waals surface area contributed by atoms with Gasteiger partial charge < -0.3 is 10.3 Å². The molecule has 0 aliphatic heterocycles. The molecule has 0 amide bonds. The van der Waals surface area contributed by atoms with Crippen LogP contribution in [0.15, 0.2) is 28.8 Å². The molecule has 2 unspecified atom stereocenters. The Hall–Kier alpha value is -1.84. The van der Waals surface area contributed by atoms with Crippen molar-refractivity contribution in [1.29, 1.82) is 0 Å². The molecule has 19 heavy (non-hydrogen) atoms. The Morgan fingerprint density at radius 1 is 1.05 bits per heavy atom. The zero-order valence-electron chi connectivity index (χ0n) is 10.7. The largest absolute Gasteiger partial charge is 0.399 e. The minimum Gasteiger partial charge on any atom is -0.399 e. The minimum absolute atomic E-state index is 0.525. The molecule has 98 valence electrons. The van der Waals surface area contributed by atoms with Gasteiger partial charge in [-0.25, -0.2) is 0 Å². The fourth-order valence-electron chi connectivity index (χ4n) is 3.48. The van der Waals surface area contributed by atoms with Crippen LogP contribution in [0.2, 0.25) is 0 Å². The summed E-state index contributed by atoms with van der Waals surface area (Å²) >= 11 is 0. The topological polar surface area (TPSA) is 64.9 Å². The summed E-state index contributed by atoms with van der Waals surface area (Å²) in [5.74, 6) is 3.64. The number of rotatable bonds is 2. The van der Waals surface area contributed by atoms with Crippen LogP contribution < -0.4 is 5.73 Å². The Morgan fingerprint density at radius 2 is 1.74 bits per heavy atom. The first-order valence-corrected chi connectivity index (χ1v) is 7.02. The van der Waals surface area contributed by atoms with E-state index in [2.05, 4.69) is 10.1 Å². The van der Waals surface area contributed by atoms with Gasteiger partial charge in [0.25, 0.3) is 0 Å². The number of benzene rings is 1. The summed E-state index contributed by atoms with van der Waals surface area (Å²) in [4.78, 5) is 4.58. The van der Waals surface area contributed by atoms with Crippen LogP contribution in [-0.4, -0.2) is 10.1 Å². The summed E-state index contributed by atoms with van der Waals surface area (Å²) in [5.41, 5.74) is 7.40. The molecule has 2 N–H and O–H groups in total. The molecule has 0 radical (unpaired) electrons. The normalized spacial score (nSPS) is 28.9. The average Bonchev–Trinajstić information content (AvgIpc) is 2.97. The van der Waals surface area contributed by atoms with E-state index in [0.29, 0.717) is 11.7 Å². The van der Waals surface area contributed by atoms with Crippen LogP contribution in [0.25, 0.3) is 11.4 Å². The van der Waals surface area contributed by atoms with Gasteiger partial charge in [0.1, 0.15) is 0 Å². The van der Waals surface area contributed by atoms with Gasteiger partial charge in [-0.15, -0.1) is 0 Å². The number of anilines is 1. The van der Waals surface area contributed by atoms with Crippen molar-refractivity contribution in [3.05, 3.63) is 30.2 Å². The highest BCUT2D eigenvalue weighted by Gasteiger charge is 2.54. The van der Waals surface area contributed by atoms with E-state index in [9.17, 15) is 0 Å². The third-order valence-corrected chi connectivity index (χ3v) is 4.55. The van der Waals surface area contributed by atoms with Gasteiger partial charge in [0.15, 0.2) is 0 Å². The van der Waals surface area contributed by atoms with Gasteiger partial charge in [0.2, 0.25) is 11.7 Å². The maximum Gasteiger partial charge on any atom is 0.230 e. The van der Waals surface area contributed by atoms with Crippen LogP contribution in [0.3, 0.4) is 0 Å². The van der Waals surface area contributed by atoms with Crippen molar-refractivity contribution < 1.29 is 4.52 Å². The van der Waals surface area contributed by atoms with E-state index in [1.54, 1.807) is 0 Å². The lowest BCUT2D eigenvalue weighted by Crippen LogP contribution is -1.91. The quantitative estimate of drug-likeness (QED) is 0.837. The van der Waals surface area contributed by atoms with E-state index in [1.165, 1.54) is 25.7 Å². The first kappa shape index (κ1) is 11.0. The third kappa shape index (κ3) is 1.82. The maximum absolute atomic E-state index is 5.68. The lowest BCUT2D eigenvalue weighted by atomic mass is 10.0. The van der Waals surface area contributed by atoms with E-state index >= 15 is 0 Å². The molecular formula is C15H17N3O. The van der Waals surface area contributed by atoms with E-state index in [-0.39, 0.29) is 0 Å². The van der Waals surface area contributed by atoms with E-state index in [0.717, 1.165) is 29.0 Å². The molecule has 2 fully saturated rings. The Balaban J connectivity index is 1.58. The molecule has 0 saturated heterocycles. The van der Waals surface area contributed by atoms with Crippen molar-refractivity contribution in [3.8, 4) is 11.4 Å². The van der Waals surface area contributed by atoms with Gasteiger partial charge in [-0.1, -0.05) is 18.0 Å². The second-order valence-corrected chi connectivity index (χ2v) is 5.72. The number of nitrogen functional groups attached to an aromatic ring is 1. The Morgan fingerprint density at radius 3 is 2.42 bits per heavy atom. The Bertz CT molecular complexity index is 578. The first-order chi connectivity index (χ1) is 9.33. The second kappa shape index (κ2) is 4.08. The molecule has 2 aliphatic rings. The molecule has 4 nitrogen and oxygen atoms in total. The third-order valence-electron chi connectivity index (χ3n) is 4.55. The number of hydrogen-bond donors (Lipinski definition) is 1. The van der Waals surface area contributed by atoms with Gasteiger partial charge in [-0.3, -0.25) is 0 Å². The molecule has 0 spiro atoms. The highest BCUT2D eigenvalue weighted by atomic mass is 16.5. The summed E-state index contributed by atoms with van der Waals surface area (Å²) < 4.78 is 5.47. The molecule has 2 aliphatic carbocycles. The molecule has 0 bridgehead atoms. The zero-order chi connectivity index (χ0) is 12.8. The number of nitrogens with two attached hydrogens (primary N) is 1. The monoisotopic (exact) mass is 255 g/mol. The van der Waals surface area contributed by atoms with Crippen LogP contribution in [0, 0.1) is 11.8 Å². The van der Waals surface area contributed by atoms with E-state index in [4.69, 9.17) is 10.3 Å². The molecule has 2 atom stereocenters. The highest BCUT2D eigenvalue weighted by Crippen LogP contribution is 2.60. The standard InChI is InChI=1S/C15H17N3O/c16-10-7-5-9(6-8-10)14-17-15(19-18-14)13-11-3-1-2-4-12(11)13/h5-8,11-13H,1-4,16H2. The molecule has 4 heteroatoms. The molecule has 1 aromatic heterocycles. The molecule has 1 heterocycles. The lowest BCUT2D eigenvalue weighted by molar-refractivity contribution is 0.373. The first-order valence-electron chi connectivity index (χ1n) is 7.02. The number of fused-ring (bicyclic) bond motifs is 1. The van der Waals surface area contributed by atoms with Crippen molar-refractivity contribution in [2.45, 2.75) is 31.6 Å².